The van der Waals surface area contributed by atoms with Crippen LogP contribution >= 0.6 is 0 Å². The molecule has 0 amide bonds. The van der Waals surface area contributed by atoms with Crippen molar-refractivity contribution < 1.29 is 14.3 Å². The van der Waals surface area contributed by atoms with E-state index in [0.717, 1.165) is 26.1 Å². The smallest absolute Gasteiger partial charge is 0.162 e. The van der Waals surface area contributed by atoms with Crippen LogP contribution in [-0.2, 0) is 14.3 Å². The highest BCUT2D eigenvalue weighted by Crippen LogP contribution is 2.08. The van der Waals surface area contributed by atoms with Gasteiger partial charge in [0.2, 0.25) is 0 Å². The van der Waals surface area contributed by atoms with Gasteiger partial charge < -0.3 is 9.47 Å². The molecule has 4 heteroatoms. The second-order valence-electron chi connectivity index (χ2n) is 3.82. The predicted octanol–water partition coefficient (Wildman–Crippen LogP) is 0.703. The Morgan fingerprint density at radius 1 is 1.60 bits per heavy atom. The third kappa shape index (κ3) is 4.28. The van der Waals surface area contributed by atoms with Gasteiger partial charge >= 0.3 is 0 Å². The number of morpholine rings is 1. The zero-order valence-corrected chi connectivity index (χ0v) is 9.70. The van der Waals surface area contributed by atoms with Crippen molar-refractivity contribution in [3.05, 3.63) is 0 Å². The summed E-state index contributed by atoms with van der Waals surface area (Å²) >= 11 is 0. The Hall–Kier alpha value is -0.450. The first-order valence-electron chi connectivity index (χ1n) is 5.63. The van der Waals surface area contributed by atoms with Gasteiger partial charge in [0.15, 0.2) is 5.78 Å². The van der Waals surface area contributed by atoms with Gasteiger partial charge in [0.05, 0.1) is 6.61 Å². The summed E-state index contributed by atoms with van der Waals surface area (Å²) in [5.41, 5.74) is 0. The molecule has 0 aromatic carbocycles. The third-order valence-electron chi connectivity index (χ3n) is 2.73. The summed E-state index contributed by atoms with van der Waals surface area (Å²) in [6.07, 6.45) is 1.15. The number of carbonyl (C=O) groups excluding carboxylic acids is 1. The Balaban J connectivity index is 2.25. The summed E-state index contributed by atoms with van der Waals surface area (Å²) in [6.45, 7) is 6.12. The van der Waals surface area contributed by atoms with Gasteiger partial charge in [-0.15, -0.1) is 0 Å². The Bertz CT molecular complexity index is 196. The van der Waals surface area contributed by atoms with Crippen LogP contribution in [-0.4, -0.2) is 56.7 Å². The van der Waals surface area contributed by atoms with Crippen LogP contribution in [0, 0.1) is 0 Å². The highest BCUT2D eigenvalue weighted by Gasteiger charge is 2.24. The Morgan fingerprint density at radius 3 is 3.07 bits per heavy atom. The standard InChI is InChI=1S/C11H21NO3/c1-3-12-6-8-15-11(9-12)10(13)5-4-7-14-2/h11H,3-9H2,1-2H3. The first kappa shape index (κ1) is 12.6. The number of carbonyl (C=O) groups is 1. The number of ether oxygens (including phenoxy) is 2. The molecular formula is C11H21NO3. The zero-order chi connectivity index (χ0) is 11.1. The molecule has 0 aromatic heterocycles. The van der Waals surface area contributed by atoms with Crippen LogP contribution in [0.5, 0.6) is 0 Å². The summed E-state index contributed by atoms with van der Waals surface area (Å²) in [5.74, 6) is 0.213. The van der Waals surface area contributed by atoms with Gasteiger partial charge in [-0.3, -0.25) is 9.69 Å². The molecule has 4 nitrogen and oxygen atoms in total. The fraction of sp³-hybridized carbons (Fsp3) is 0.909. The molecular weight excluding hydrogens is 194 g/mol. The number of likely N-dealkylation sites (N-methyl/N-ethyl adjacent to an activating group) is 1. The Labute approximate surface area is 91.5 Å². The summed E-state index contributed by atoms with van der Waals surface area (Å²) in [4.78, 5) is 14.0. The van der Waals surface area contributed by atoms with Crippen LogP contribution in [0.25, 0.3) is 0 Å². The van der Waals surface area contributed by atoms with Gasteiger partial charge in [-0.1, -0.05) is 6.92 Å². The fourth-order valence-electron chi connectivity index (χ4n) is 1.74. The zero-order valence-electron chi connectivity index (χ0n) is 9.70. The van der Waals surface area contributed by atoms with E-state index in [9.17, 15) is 4.79 Å². The number of rotatable bonds is 6. The lowest BCUT2D eigenvalue weighted by atomic mass is 10.1. The topological polar surface area (TPSA) is 38.8 Å². The molecule has 0 N–H and O–H groups in total. The van der Waals surface area contributed by atoms with Crippen molar-refractivity contribution in [3.63, 3.8) is 0 Å². The van der Waals surface area contributed by atoms with Crippen molar-refractivity contribution in [3.8, 4) is 0 Å². The van der Waals surface area contributed by atoms with E-state index in [1.807, 2.05) is 0 Å². The molecule has 1 unspecified atom stereocenters. The summed E-state index contributed by atoms with van der Waals surface area (Å²) in [5, 5.41) is 0. The van der Waals surface area contributed by atoms with Crippen molar-refractivity contribution >= 4 is 5.78 Å². The molecule has 88 valence electrons. The molecule has 1 heterocycles. The van der Waals surface area contributed by atoms with Gasteiger partial charge in [-0.2, -0.15) is 0 Å². The van der Waals surface area contributed by atoms with Crippen LogP contribution in [0.3, 0.4) is 0 Å². The average molecular weight is 215 g/mol. The lowest BCUT2D eigenvalue weighted by Crippen LogP contribution is -2.45. The van der Waals surface area contributed by atoms with E-state index in [0.29, 0.717) is 19.6 Å². The van der Waals surface area contributed by atoms with Crippen LogP contribution in [0.4, 0.5) is 0 Å². The van der Waals surface area contributed by atoms with E-state index in [2.05, 4.69) is 11.8 Å². The lowest BCUT2D eigenvalue weighted by molar-refractivity contribution is -0.136. The van der Waals surface area contributed by atoms with Crippen molar-refractivity contribution in [2.24, 2.45) is 0 Å². The van der Waals surface area contributed by atoms with Gasteiger partial charge in [0.1, 0.15) is 6.10 Å². The molecule has 1 atom stereocenters. The van der Waals surface area contributed by atoms with E-state index < -0.39 is 0 Å². The van der Waals surface area contributed by atoms with Crippen LogP contribution < -0.4 is 0 Å². The second kappa shape index (κ2) is 6.93. The van der Waals surface area contributed by atoms with Crippen molar-refractivity contribution in [1.29, 1.82) is 0 Å². The van der Waals surface area contributed by atoms with Crippen molar-refractivity contribution in [2.75, 3.05) is 40.0 Å². The predicted molar refractivity (Wildman–Crippen MR) is 58.0 cm³/mol. The van der Waals surface area contributed by atoms with E-state index >= 15 is 0 Å². The number of methoxy groups -OCH3 is 1. The minimum Gasteiger partial charge on any atom is -0.385 e. The number of Topliss-reactive ketones (excluding diaryl/α,β-unsaturated/α-hetero) is 1. The maximum absolute atomic E-state index is 11.7. The average Bonchev–Trinajstić information content (AvgIpc) is 2.29. The van der Waals surface area contributed by atoms with Crippen LogP contribution in [0.2, 0.25) is 0 Å². The molecule has 1 fully saturated rings. The lowest BCUT2D eigenvalue weighted by Gasteiger charge is -2.31. The largest absolute Gasteiger partial charge is 0.385 e. The third-order valence-corrected chi connectivity index (χ3v) is 2.73. The molecule has 15 heavy (non-hydrogen) atoms. The fourth-order valence-corrected chi connectivity index (χ4v) is 1.74. The van der Waals surface area contributed by atoms with Crippen molar-refractivity contribution in [1.82, 2.24) is 4.90 Å². The maximum Gasteiger partial charge on any atom is 0.162 e. The molecule has 1 rings (SSSR count). The number of hydrogen-bond acceptors (Lipinski definition) is 4. The van der Waals surface area contributed by atoms with E-state index in [1.165, 1.54) is 0 Å². The van der Waals surface area contributed by atoms with E-state index in [4.69, 9.17) is 9.47 Å². The van der Waals surface area contributed by atoms with E-state index in [1.54, 1.807) is 7.11 Å². The molecule has 0 spiro atoms. The molecule has 0 radical (unpaired) electrons. The maximum atomic E-state index is 11.7. The minimum atomic E-state index is -0.212. The normalized spacial score (nSPS) is 22.9. The van der Waals surface area contributed by atoms with Gasteiger partial charge in [-0.25, -0.2) is 0 Å². The molecule has 1 aliphatic heterocycles. The highest BCUT2D eigenvalue weighted by atomic mass is 16.5. The minimum absolute atomic E-state index is 0.212. The molecule has 1 aliphatic rings. The van der Waals surface area contributed by atoms with Gasteiger partial charge in [0, 0.05) is 33.2 Å². The quantitative estimate of drug-likeness (QED) is 0.611. The first-order chi connectivity index (χ1) is 7.27. The van der Waals surface area contributed by atoms with Crippen LogP contribution in [0.1, 0.15) is 19.8 Å². The summed E-state index contributed by atoms with van der Waals surface area (Å²) in [6, 6.07) is 0. The van der Waals surface area contributed by atoms with Crippen molar-refractivity contribution in [2.45, 2.75) is 25.9 Å². The molecule has 0 saturated carbocycles. The molecule has 0 aromatic rings. The first-order valence-corrected chi connectivity index (χ1v) is 5.63. The highest BCUT2D eigenvalue weighted by molar-refractivity contribution is 5.83. The number of ketones is 1. The molecule has 0 bridgehead atoms. The van der Waals surface area contributed by atoms with Gasteiger partial charge in [0.25, 0.3) is 0 Å². The van der Waals surface area contributed by atoms with Gasteiger partial charge in [-0.05, 0) is 13.0 Å². The molecule has 1 saturated heterocycles. The number of hydrogen-bond donors (Lipinski definition) is 0. The van der Waals surface area contributed by atoms with E-state index in [-0.39, 0.29) is 11.9 Å². The molecule has 0 aliphatic carbocycles. The summed E-state index contributed by atoms with van der Waals surface area (Å²) in [7, 11) is 1.65. The Kier molecular flexibility index (Phi) is 5.83. The second-order valence-corrected chi connectivity index (χ2v) is 3.82. The monoisotopic (exact) mass is 215 g/mol. The SMILES string of the molecule is CCN1CCOC(C(=O)CCCOC)C1. The van der Waals surface area contributed by atoms with Crippen LogP contribution in [0.15, 0.2) is 0 Å². The number of nitrogens with zero attached hydrogens (tertiary/aromatic N) is 1. The Morgan fingerprint density at radius 2 is 2.40 bits per heavy atom. The summed E-state index contributed by atoms with van der Waals surface area (Å²) < 4.78 is 10.4.